The van der Waals surface area contributed by atoms with Crippen LogP contribution in [0, 0.1) is 0 Å². The Hall–Kier alpha value is -1.09. The Kier molecular flexibility index (Phi) is 6.29. The van der Waals surface area contributed by atoms with Crippen molar-refractivity contribution in [2.45, 2.75) is 66.0 Å². The number of hydrogen-bond donors (Lipinski definition) is 2. The molecule has 3 heteroatoms. The van der Waals surface area contributed by atoms with E-state index in [9.17, 15) is 0 Å². The molecule has 0 aliphatic rings. The van der Waals surface area contributed by atoms with Gasteiger partial charge in [-0.3, -0.25) is 0 Å². The zero-order valence-electron chi connectivity index (χ0n) is 13.1. The van der Waals surface area contributed by atoms with Crippen LogP contribution >= 0.6 is 0 Å². The fourth-order valence-corrected chi connectivity index (χ4v) is 1.99. The van der Waals surface area contributed by atoms with Gasteiger partial charge in [0.2, 0.25) is 0 Å². The van der Waals surface area contributed by atoms with Crippen molar-refractivity contribution in [3.63, 3.8) is 0 Å². The van der Waals surface area contributed by atoms with E-state index in [-0.39, 0.29) is 5.54 Å². The van der Waals surface area contributed by atoms with Gasteiger partial charge in [-0.25, -0.2) is 4.98 Å². The summed E-state index contributed by atoms with van der Waals surface area (Å²) in [6.07, 6.45) is 3.34. The largest absolute Gasteiger partial charge is 0.365 e. The molecule has 0 aliphatic heterocycles. The van der Waals surface area contributed by atoms with Crippen molar-refractivity contribution in [3.8, 4) is 0 Å². The molecule has 0 spiro atoms. The lowest BCUT2D eigenvalue weighted by atomic mass is 10.1. The summed E-state index contributed by atoms with van der Waals surface area (Å²) in [5, 5.41) is 6.93. The first-order chi connectivity index (χ1) is 8.94. The molecule has 3 nitrogen and oxygen atoms in total. The molecule has 0 aliphatic carbocycles. The van der Waals surface area contributed by atoms with Crippen molar-refractivity contribution in [1.29, 1.82) is 0 Å². The molecule has 0 fully saturated rings. The Balaban J connectivity index is 2.83. The van der Waals surface area contributed by atoms with Gasteiger partial charge in [-0.2, -0.15) is 0 Å². The van der Waals surface area contributed by atoms with Gasteiger partial charge in [-0.15, -0.1) is 0 Å². The highest BCUT2D eigenvalue weighted by atomic mass is 15.0. The molecular weight excluding hydrogens is 234 g/mol. The third kappa shape index (κ3) is 6.58. The standard InChI is InChI=1S/C16H29N3/c1-6-8-14-10-13(12-17-9-7-2)11-15(18-14)19-16(3,4)5/h10-11,17H,6-9,12H2,1-5H3,(H,18,19). The van der Waals surface area contributed by atoms with Crippen LogP contribution in [0.15, 0.2) is 12.1 Å². The quantitative estimate of drug-likeness (QED) is 0.736. The Morgan fingerprint density at radius 1 is 1.11 bits per heavy atom. The van der Waals surface area contributed by atoms with Crippen LogP contribution in [0.4, 0.5) is 5.82 Å². The second kappa shape index (κ2) is 7.49. The van der Waals surface area contributed by atoms with E-state index in [1.807, 2.05) is 0 Å². The van der Waals surface area contributed by atoms with Crippen molar-refractivity contribution in [3.05, 3.63) is 23.4 Å². The topological polar surface area (TPSA) is 37.0 Å². The van der Waals surface area contributed by atoms with Gasteiger partial charge in [0.25, 0.3) is 0 Å². The molecule has 1 aromatic rings. The maximum absolute atomic E-state index is 4.70. The minimum absolute atomic E-state index is 0.0476. The number of rotatable bonds is 7. The zero-order chi connectivity index (χ0) is 14.3. The highest BCUT2D eigenvalue weighted by molar-refractivity contribution is 5.41. The molecule has 0 saturated carbocycles. The predicted molar refractivity (Wildman–Crippen MR) is 83.6 cm³/mol. The van der Waals surface area contributed by atoms with E-state index in [0.29, 0.717) is 0 Å². The predicted octanol–water partition coefficient (Wildman–Crippen LogP) is 3.74. The fourth-order valence-electron chi connectivity index (χ4n) is 1.99. The number of nitrogens with zero attached hydrogens (tertiary/aromatic N) is 1. The normalized spacial score (nSPS) is 11.6. The van der Waals surface area contributed by atoms with E-state index in [2.05, 4.69) is 57.4 Å². The van der Waals surface area contributed by atoms with Crippen LogP contribution in [0.1, 0.15) is 58.7 Å². The average Bonchev–Trinajstić information content (AvgIpc) is 2.27. The molecule has 1 rings (SSSR count). The van der Waals surface area contributed by atoms with Crippen molar-refractivity contribution < 1.29 is 0 Å². The SMILES string of the molecule is CCCNCc1cc(CCC)nc(NC(C)(C)C)c1. The maximum Gasteiger partial charge on any atom is 0.126 e. The summed E-state index contributed by atoms with van der Waals surface area (Å²) >= 11 is 0. The van der Waals surface area contributed by atoms with E-state index in [4.69, 9.17) is 4.98 Å². The number of pyridine rings is 1. The van der Waals surface area contributed by atoms with E-state index >= 15 is 0 Å². The molecule has 0 aromatic carbocycles. The number of nitrogens with one attached hydrogen (secondary N) is 2. The van der Waals surface area contributed by atoms with Crippen LogP contribution in [0.5, 0.6) is 0 Å². The summed E-state index contributed by atoms with van der Waals surface area (Å²) < 4.78 is 0. The number of aromatic nitrogens is 1. The summed E-state index contributed by atoms with van der Waals surface area (Å²) in [6.45, 7) is 12.9. The first-order valence-corrected chi connectivity index (χ1v) is 7.43. The van der Waals surface area contributed by atoms with Gasteiger partial charge in [0.15, 0.2) is 0 Å². The smallest absolute Gasteiger partial charge is 0.126 e. The number of anilines is 1. The van der Waals surface area contributed by atoms with Gasteiger partial charge in [-0.1, -0.05) is 20.3 Å². The summed E-state index contributed by atoms with van der Waals surface area (Å²) in [5.74, 6) is 0.992. The van der Waals surface area contributed by atoms with Crippen LogP contribution in [0.3, 0.4) is 0 Å². The first-order valence-electron chi connectivity index (χ1n) is 7.43. The molecular formula is C16H29N3. The van der Waals surface area contributed by atoms with Crippen molar-refractivity contribution in [1.82, 2.24) is 10.3 Å². The molecule has 1 aromatic heterocycles. The fraction of sp³-hybridized carbons (Fsp3) is 0.688. The summed E-state index contributed by atoms with van der Waals surface area (Å²) in [5.41, 5.74) is 2.55. The van der Waals surface area contributed by atoms with Crippen LogP contribution in [-0.2, 0) is 13.0 Å². The summed E-state index contributed by atoms with van der Waals surface area (Å²) in [4.78, 5) is 4.70. The van der Waals surface area contributed by atoms with E-state index in [1.54, 1.807) is 0 Å². The molecule has 19 heavy (non-hydrogen) atoms. The minimum atomic E-state index is 0.0476. The van der Waals surface area contributed by atoms with Gasteiger partial charge in [0, 0.05) is 17.8 Å². The van der Waals surface area contributed by atoms with Gasteiger partial charge < -0.3 is 10.6 Å². The lowest BCUT2D eigenvalue weighted by molar-refractivity contribution is 0.628. The lowest BCUT2D eigenvalue weighted by Crippen LogP contribution is -2.27. The molecule has 2 N–H and O–H groups in total. The van der Waals surface area contributed by atoms with Gasteiger partial charge in [0.1, 0.15) is 5.82 Å². The maximum atomic E-state index is 4.70. The number of aryl methyl sites for hydroxylation is 1. The summed E-state index contributed by atoms with van der Waals surface area (Å²) in [7, 11) is 0. The zero-order valence-corrected chi connectivity index (χ0v) is 13.1. The second-order valence-electron chi connectivity index (χ2n) is 6.15. The van der Waals surface area contributed by atoms with Gasteiger partial charge >= 0.3 is 0 Å². The molecule has 0 atom stereocenters. The van der Waals surface area contributed by atoms with E-state index in [1.165, 1.54) is 17.7 Å². The lowest BCUT2D eigenvalue weighted by Gasteiger charge is -2.22. The molecule has 1 heterocycles. The highest BCUT2D eigenvalue weighted by Crippen LogP contribution is 2.16. The molecule has 0 amide bonds. The second-order valence-corrected chi connectivity index (χ2v) is 6.15. The average molecular weight is 263 g/mol. The monoisotopic (exact) mass is 263 g/mol. The third-order valence-corrected chi connectivity index (χ3v) is 2.70. The van der Waals surface area contributed by atoms with Crippen LogP contribution in [0.25, 0.3) is 0 Å². The minimum Gasteiger partial charge on any atom is -0.365 e. The van der Waals surface area contributed by atoms with Crippen LogP contribution in [0.2, 0.25) is 0 Å². The van der Waals surface area contributed by atoms with Crippen molar-refractivity contribution >= 4 is 5.82 Å². The highest BCUT2D eigenvalue weighted by Gasteiger charge is 2.11. The third-order valence-electron chi connectivity index (χ3n) is 2.70. The number of hydrogen-bond acceptors (Lipinski definition) is 3. The van der Waals surface area contributed by atoms with Crippen molar-refractivity contribution in [2.75, 3.05) is 11.9 Å². The Morgan fingerprint density at radius 2 is 1.84 bits per heavy atom. The van der Waals surface area contributed by atoms with Gasteiger partial charge in [-0.05, 0) is 57.9 Å². The van der Waals surface area contributed by atoms with Crippen LogP contribution < -0.4 is 10.6 Å². The van der Waals surface area contributed by atoms with E-state index < -0.39 is 0 Å². The molecule has 0 bridgehead atoms. The van der Waals surface area contributed by atoms with Gasteiger partial charge in [0.05, 0.1) is 0 Å². The molecule has 0 unspecified atom stereocenters. The molecule has 0 radical (unpaired) electrons. The molecule has 108 valence electrons. The molecule has 0 saturated heterocycles. The Labute approximate surface area is 118 Å². The van der Waals surface area contributed by atoms with Crippen LogP contribution in [-0.4, -0.2) is 17.1 Å². The van der Waals surface area contributed by atoms with Crippen molar-refractivity contribution in [2.24, 2.45) is 0 Å². The first kappa shape index (κ1) is 16.0. The Bertz CT molecular complexity index is 380. The Morgan fingerprint density at radius 3 is 2.42 bits per heavy atom. The van der Waals surface area contributed by atoms with E-state index in [0.717, 1.165) is 31.7 Å². The summed E-state index contributed by atoms with van der Waals surface area (Å²) in [6, 6.07) is 4.38.